The minimum absolute atomic E-state index is 0.0980. The van der Waals surface area contributed by atoms with Gasteiger partial charge in [-0.25, -0.2) is 0 Å². The SMILES string of the molecule is CCCCCCC(O)C(C=O)CC1CC1. The van der Waals surface area contributed by atoms with Crippen LogP contribution >= 0.6 is 0 Å². The monoisotopic (exact) mass is 212 g/mol. The van der Waals surface area contributed by atoms with Crippen LogP contribution < -0.4 is 0 Å². The Morgan fingerprint density at radius 2 is 2.07 bits per heavy atom. The van der Waals surface area contributed by atoms with Gasteiger partial charge in [0.05, 0.1) is 6.10 Å². The van der Waals surface area contributed by atoms with Crippen molar-refractivity contribution in [3.8, 4) is 0 Å². The molecule has 0 aliphatic heterocycles. The van der Waals surface area contributed by atoms with E-state index in [1.54, 1.807) is 0 Å². The summed E-state index contributed by atoms with van der Waals surface area (Å²) in [7, 11) is 0. The third-order valence-electron chi connectivity index (χ3n) is 3.32. The van der Waals surface area contributed by atoms with E-state index in [1.165, 1.54) is 32.1 Å². The number of aliphatic hydroxyl groups excluding tert-OH is 1. The predicted octanol–water partition coefficient (Wildman–Crippen LogP) is 2.93. The van der Waals surface area contributed by atoms with Crippen molar-refractivity contribution in [2.75, 3.05) is 0 Å². The zero-order valence-corrected chi connectivity index (χ0v) is 9.82. The highest BCUT2D eigenvalue weighted by atomic mass is 16.3. The molecule has 0 aromatic rings. The molecular weight excluding hydrogens is 188 g/mol. The lowest BCUT2D eigenvalue weighted by Crippen LogP contribution is -2.22. The highest BCUT2D eigenvalue weighted by Gasteiger charge is 2.28. The van der Waals surface area contributed by atoms with Crippen LogP contribution in [0.25, 0.3) is 0 Å². The summed E-state index contributed by atoms with van der Waals surface area (Å²) in [5, 5.41) is 9.85. The van der Waals surface area contributed by atoms with Crippen LogP contribution in [-0.2, 0) is 4.79 Å². The number of hydrogen-bond donors (Lipinski definition) is 1. The second kappa shape index (κ2) is 7.00. The van der Waals surface area contributed by atoms with E-state index in [0.717, 1.165) is 31.5 Å². The third-order valence-corrected chi connectivity index (χ3v) is 3.32. The molecule has 0 bridgehead atoms. The Morgan fingerprint density at radius 1 is 1.33 bits per heavy atom. The molecule has 0 aromatic carbocycles. The van der Waals surface area contributed by atoms with E-state index >= 15 is 0 Å². The average molecular weight is 212 g/mol. The second-order valence-corrected chi connectivity index (χ2v) is 4.90. The Hall–Kier alpha value is -0.370. The highest BCUT2D eigenvalue weighted by Crippen LogP contribution is 2.36. The fourth-order valence-electron chi connectivity index (χ4n) is 2.04. The van der Waals surface area contributed by atoms with Crippen LogP contribution in [0.4, 0.5) is 0 Å². The molecular formula is C13H24O2. The summed E-state index contributed by atoms with van der Waals surface area (Å²) in [6.07, 6.45) is 9.50. The molecule has 0 aromatic heterocycles. The Morgan fingerprint density at radius 3 is 2.60 bits per heavy atom. The third kappa shape index (κ3) is 5.31. The molecule has 0 saturated heterocycles. The van der Waals surface area contributed by atoms with Gasteiger partial charge in [0.2, 0.25) is 0 Å². The van der Waals surface area contributed by atoms with Gasteiger partial charge in [-0.2, -0.15) is 0 Å². The molecule has 15 heavy (non-hydrogen) atoms. The molecule has 1 saturated carbocycles. The molecule has 0 heterocycles. The van der Waals surface area contributed by atoms with Gasteiger partial charge < -0.3 is 9.90 Å². The summed E-state index contributed by atoms with van der Waals surface area (Å²) < 4.78 is 0. The van der Waals surface area contributed by atoms with Crippen LogP contribution in [0.5, 0.6) is 0 Å². The quantitative estimate of drug-likeness (QED) is 0.471. The summed E-state index contributed by atoms with van der Waals surface area (Å²) in [5.41, 5.74) is 0. The molecule has 1 rings (SSSR count). The van der Waals surface area contributed by atoms with Crippen LogP contribution in [0, 0.1) is 11.8 Å². The topological polar surface area (TPSA) is 37.3 Å². The first-order chi connectivity index (χ1) is 7.27. The Bertz CT molecular complexity index is 175. The van der Waals surface area contributed by atoms with Crippen LogP contribution in [0.1, 0.15) is 58.3 Å². The number of aldehydes is 1. The Labute approximate surface area is 93.1 Å². The minimum atomic E-state index is -0.389. The van der Waals surface area contributed by atoms with Gasteiger partial charge in [0.15, 0.2) is 0 Å². The summed E-state index contributed by atoms with van der Waals surface area (Å²) >= 11 is 0. The first kappa shape index (κ1) is 12.7. The molecule has 1 fully saturated rings. The second-order valence-electron chi connectivity index (χ2n) is 4.90. The van der Waals surface area contributed by atoms with Crippen molar-refractivity contribution >= 4 is 6.29 Å². The molecule has 0 radical (unpaired) electrons. The maximum absolute atomic E-state index is 10.8. The number of rotatable bonds is 9. The summed E-state index contributed by atoms with van der Waals surface area (Å²) in [6.45, 7) is 2.18. The molecule has 2 atom stereocenters. The van der Waals surface area contributed by atoms with Gasteiger partial charge in [0, 0.05) is 5.92 Å². The standard InChI is InChI=1S/C13H24O2/c1-2-3-4-5-6-13(15)12(10-14)9-11-7-8-11/h10-13,15H,2-9H2,1H3. The molecule has 0 spiro atoms. The first-order valence-electron chi connectivity index (χ1n) is 6.41. The van der Waals surface area contributed by atoms with Crippen LogP contribution in [0.2, 0.25) is 0 Å². The highest BCUT2D eigenvalue weighted by molar-refractivity contribution is 5.54. The van der Waals surface area contributed by atoms with E-state index in [1.807, 2.05) is 0 Å². The molecule has 1 aliphatic carbocycles. The van der Waals surface area contributed by atoms with Gasteiger partial charge in [-0.1, -0.05) is 45.4 Å². The Balaban J connectivity index is 2.11. The smallest absolute Gasteiger partial charge is 0.125 e. The van der Waals surface area contributed by atoms with Crippen molar-refractivity contribution in [2.24, 2.45) is 11.8 Å². The molecule has 2 heteroatoms. The van der Waals surface area contributed by atoms with Gasteiger partial charge in [0.1, 0.15) is 6.29 Å². The van der Waals surface area contributed by atoms with Crippen molar-refractivity contribution in [1.29, 1.82) is 0 Å². The molecule has 0 amide bonds. The van der Waals surface area contributed by atoms with Gasteiger partial charge in [-0.05, 0) is 18.8 Å². The van der Waals surface area contributed by atoms with E-state index in [9.17, 15) is 9.90 Å². The van der Waals surface area contributed by atoms with Crippen LogP contribution in [-0.4, -0.2) is 17.5 Å². The average Bonchev–Trinajstić information content (AvgIpc) is 3.04. The zero-order chi connectivity index (χ0) is 11.1. The number of hydrogen-bond acceptors (Lipinski definition) is 2. The van der Waals surface area contributed by atoms with Crippen molar-refractivity contribution in [1.82, 2.24) is 0 Å². The van der Waals surface area contributed by atoms with Crippen molar-refractivity contribution in [3.63, 3.8) is 0 Å². The summed E-state index contributed by atoms with van der Waals surface area (Å²) in [5.74, 6) is 0.629. The van der Waals surface area contributed by atoms with Gasteiger partial charge >= 0.3 is 0 Å². The van der Waals surface area contributed by atoms with E-state index < -0.39 is 0 Å². The number of unbranched alkanes of at least 4 members (excludes halogenated alkanes) is 3. The van der Waals surface area contributed by atoms with E-state index in [2.05, 4.69) is 6.92 Å². The molecule has 1 N–H and O–H groups in total. The predicted molar refractivity (Wildman–Crippen MR) is 61.7 cm³/mol. The fraction of sp³-hybridized carbons (Fsp3) is 0.923. The van der Waals surface area contributed by atoms with Crippen molar-refractivity contribution < 1.29 is 9.90 Å². The number of aliphatic hydroxyl groups is 1. The Kier molecular flexibility index (Phi) is 5.92. The van der Waals surface area contributed by atoms with Gasteiger partial charge in [0.25, 0.3) is 0 Å². The van der Waals surface area contributed by atoms with Crippen molar-refractivity contribution in [2.45, 2.75) is 64.4 Å². The molecule has 2 unspecified atom stereocenters. The van der Waals surface area contributed by atoms with Crippen LogP contribution in [0.3, 0.4) is 0 Å². The maximum Gasteiger partial charge on any atom is 0.125 e. The summed E-state index contributed by atoms with van der Waals surface area (Å²) in [6, 6.07) is 0. The first-order valence-corrected chi connectivity index (χ1v) is 6.41. The van der Waals surface area contributed by atoms with E-state index in [0.29, 0.717) is 0 Å². The van der Waals surface area contributed by atoms with Crippen LogP contribution in [0.15, 0.2) is 0 Å². The van der Waals surface area contributed by atoms with Crippen molar-refractivity contribution in [3.05, 3.63) is 0 Å². The molecule has 88 valence electrons. The molecule has 2 nitrogen and oxygen atoms in total. The van der Waals surface area contributed by atoms with E-state index in [4.69, 9.17) is 0 Å². The fourth-order valence-corrected chi connectivity index (χ4v) is 2.04. The normalized spacial score (nSPS) is 19.9. The lowest BCUT2D eigenvalue weighted by molar-refractivity contribution is -0.114. The molecule has 1 aliphatic rings. The zero-order valence-electron chi connectivity index (χ0n) is 9.82. The minimum Gasteiger partial charge on any atom is -0.392 e. The lowest BCUT2D eigenvalue weighted by Gasteiger charge is -2.17. The number of carbonyl (C=O) groups is 1. The van der Waals surface area contributed by atoms with Gasteiger partial charge in [-0.15, -0.1) is 0 Å². The lowest BCUT2D eigenvalue weighted by atomic mass is 9.93. The maximum atomic E-state index is 10.8. The van der Waals surface area contributed by atoms with E-state index in [-0.39, 0.29) is 12.0 Å². The summed E-state index contributed by atoms with van der Waals surface area (Å²) in [4.78, 5) is 10.8. The van der Waals surface area contributed by atoms with Gasteiger partial charge in [-0.3, -0.25) is 0 Å². The number of carbonyl (C=O) groups excluding carboxylic acids is 1. The largest absolute Gasteiger partial charge is 0.392 e.